The van der Waals surface area contributed by atoms with Gasteiger partial charge in [-0.3, -0.25) is 4.79 Å². The molecule has 140 valence electrons. The zero-order valence-corrected chi connectivity index (χ0v) is 14.8. The molecule has 8 heteroatoms. The Morgan fingerprint density at radius 1 is 1.46 bits per heavy atom. The Hall–Kier alpha value is -2.12. The number of alkyl halides is 2. The number of amides is 1. The van der Waals surface area contributed by atoms with Gasteiger partial charge in [-0.05, 0) is 43.3 Å². The topological polar surface area (TPSA) is 64.6 Å². The van der Waals surface area contributed by atoms with Crippen LogP contribution in [-0.2, 0) is 11.2 Å². The highest BCUT2D eigenvalue weighted by Crippen LogP contribution is 2.29. The summed E-state index contributed by atoms with van der Waals surface area (Å²) in [5.41, 5.74) is 0.969. The summed E-state index contributed by atoms with van der Waals surface area (Å²) in [6, 6.07) is 3.65. The zero-order valence-electron chi connectivity index (χ0n) is 14.0. The van der Waals surface area contributed by atoms with Crippen LogP contribution in [0.15, 0.2) is 42.2 Å². The first-order valence-corrected chi connectivity index (χ1v) is 8.73. The molecule has 1 saturated heterocycles. The summed E-state index contributed by atoms with van der Waals surface area (Å²) in [6.45, 7) is 0.536. The van der Waals surface area contributed by atoms with Crippen LogP contribution in [0.3, 0.4) is 0 Å². The molecular formula is C18H20ClF2N3O2. The first kappa shape index (κ1) is 18.7. The minimum atomic E-state index is -2.79. The van der Waals surface area contributed by atoms with Gasteiger partial charge in [-0.15, -0.1) is 0 Å². The van der Waals surface area contributed by atoms with E-state index >= 15 is 0 Å². The molecule has 1 fully saturated rings. The normalized spacial score (nSPS) is 22.0. The number of phenolic OH excluding ortho intramolecular Hbond substituents is 1. The number of halogens is 3. The fraction of sp³-hybridized carbons (Fsp3) is 0.389. The van der Waals surface area contributed by atoms with Gasteiger partial charge in [0.25, 0.3) is 5.92 Å². The highest BCUT2D eigenvalue weighted by Gasteiger charge is 2.44. The van der Waals surface area contributed by atoms with Gasteiger partial charge < -0.3 is 20.6 Å². The van der Waals surface area contributed by atoms with E-state index in [2.05, 4.69) is 10.6 Å². The molecule has 2 heterocycles. The van der Waals surface area contributed by atoms with Crippen molar-refractivity contribution in [2.75, 3.05) is 19.6 Å². The molecule has 1 aromatic carbocycles. The monoisotopic (exact) mass is 383 g/mol. The molecule has 0 spiro atoms. The van der Waals surface area contributed by atoms with E-state index < -0.39 is 12.0 Å². The fourth-order valence-corrected chi connectivity index (χ4v) is 3.33. The lowest BCUT2D eigenvalue weighted by Gasteiger charge is -2.40. The second-order valence-corrected chi connectivity index (χ2v) is 6.85. The molecule has 3 N–H and O–H groups in total. The Kier molecular flexibility index (Phi) is 5.48. The highest BCUT2D eigenvalue weighted by atomic mass is 35.5. The lowest BCUT2D eigenvalue weighted by atomic mass is 10.00. The predicted octanol–water partition coefficient (Wildman–Crippen LogP) is 2.41. The third-order valence-corrected chi connectivity index (χ3v) is 4.72. The number of allylic oxidation sites excluding steroid dienone is 1. The SMILES string of the molecule is O=C(Cc1cc(Cl)ccc1O)NC1=CCN(C2CCNCC2(F)F)C=C1. The van der Waals surface area contributed by atoms with Crippen LogP contribution < -0.4 is 10.6 Å². The van der Waals surface area contributed by atoms with Crippen molar-refractivity contribution >= 4 is 17.5 Å². The number of aromatic hydroxyl groups is 1. The first-order chi connectivity index (χ1) is 12.3. The molecule has 0 bridgehead atoms. The number of hydrogen-bond donors (Lipinski definition) is 3. The minimum absolute atomic E-state index is 0.00275. The number of nitrogens with zero attached hydrogens (tertiary/aromatic N) is 1. The van der Waals surface area contributed by atoms with Gasteiger partial charge in [0.1, 0.15) is 5.75 Å². The van der Waals surface area contributed by atoms with Gasteiger partial charge in [-0.25, -0.2) is 8.78 Å². The number of phenols is 1. The lowest BCUT2D eigenvalue weighted by molar-refractivity contribution is -0.119. The number of carbonyl (C=O) groups excluding carboxylic acids is 1. The van der Waals surface area contributed by atoms with E-state index in [0.29, 0.717) is 35.8 Å². The standard InChI is InChI=1S/C18H20ClF2N3O2/c19-13-1-2-15(25)12(9-13)10-17(26)23-14-4-7-24(8-5-14)16-3-6-22-11-18(16,20)21/h1-2,4-5,7,9,16,22,25H,3,6,8,10-11H2,(H,23,26). The molecule has 1 aromatic rings. The van der Waals surface area contributed by atoms with E-state index in [1.807, 2.05) is 0 Å². The van der Waals surface area contributed by atoms with E-state index in [9.17, 15) is 18.7 Å². The largest absolute Gasteiger partial charge is 0.508 e. The van der Waals surface area contributed by atoms with Crippen molar-refractivity contribution in [2.45, 2.75) is 24.8 Å². The van der Waals surface area contributed by atoms with Gasteiger partial charge in [-0.1, -0.05) is 11.6 Å². The molecule has 0 radical (unpaired) electrons. The van der Waals surface area contributed by atoms with Crippen molar-refractivity contribution in [1.29, 1.82) is 0 Å². The third kappa shape index (κ3) is 4.34. The molecule has 0 aromatic heterocycles. The summed E-state index contributed by atoms with van der Waals surface area (Å²) in [5.74, 6) is -3.11. The first-order valence-electron chi connectivity index (χ1n) is 8.35. The third-order valence-electron chi connectivity index (χ3n) is 4.49. The lowest BCUT2D eigenvalue weighted by Crippen LogP contribution is -2.56. The van der Waals surface area contributed by atoms with Crippen LogP contribution in [0.5, 0.6) is 5.75 Å². The Balaban J connectivity index is 1.57. The Bertz CT molecular complexity index is 752. The van der Waals surface area contributed by atoms with E-state index in [1.165, 1.54) is 18.2 Å². The molecule has 26 heavy (non-hydrogen) atoms. The van der Waals surface area contributed by atoms with Crippen molar-refractivity contribution in [3.05, 3.63) is 52.8 Å². The van der Waals surface area contributed by atoms with E-state index in [-0.39, 0.29) is 24.6 Å². The maximum Gasteiger partial charge on any atom is 0.280 e. The Labute approximate surface area is 155 Å². The molecule has 2 aliphatic rings. The number of piperidine rings is 1. The maximum atomic E-state index is 14.0. The molecule has 2 aliphatic heterocycles. The summed E-state index contributed by atoms with van der Waals surface area (Å²) in [4.78, 5) is 13.7. The van der Waals surface area contributed by atoms with Crippen LogP contribution in [0, 0.1) is 0 Å². The molecule has 3 rings (SSSR count). The zero-order chi connectivity index (χ0) is 18.7. The van der Waals surface area contributed by atoms with Crippen LogP contribution >= 0.6 is 11.6 Å². The summed E-state index contributed by atoms with van der Waals surface area (Å²) in [6.07, 6.45) is 5.23. The number of hydrogen-bond acceptors (Lipinski definition) is 4. The molecule has 1 unspecified atom stereocenters. The van der Waals surface area contributed by atoms with Gasteiger partial charge in [0, 0.05) is 29.0 Å². The van der Waals surface area contributed by atoms with Crippen LogP contribution in [0.4, 0.5) is 8.78 Å². The predicted molar refractivity (Wildman–Crippen MR) is 95.1 cm³/mol. The van der Waals surface area contributed by atoms with E-state index in [0.717, 1.165) is 0 Å². The fourth-order valence-electron chi connectivity index (χ4n) is 3.14. The smallest absolute Gasteiger partial charge is 0.280 e. The number of benzene rings is 1. The number of carbonyl (C=O) groups is 1. The van der Waals surface area contributed by atoms with Crippen LogP contribution in [0.25, 0.3) is 0 Å². The maximum absolute atomic E-state index is 14.0. The minimum Gasteiger partial charge on any atom is -0.508 e. The summed E-state index contributed by atoms with van der Waals surface area (Å²) in [5, 5.41) is 15.6. The van der Waals surface area contributed by atoms with Gasteiger partial charge >= 0.3 is 0 Å². The van der Waals surface area contributed by atoms with Crippen molar-refractivity contribution < 1.29 is 18.7 Å². The Morgan fingerprint density at radius 2 is 2.27 bits per heavy atom. The van der Waals surface area contributed by atoms with Crippen molar-refractivity contribution in [3.8, 4) is 5.75 Å². The summed E-state index contributed by atoms with van der Waals surface area (Å²) < 4.78 is 28.0. The highest BCUT2D eigenvalue weighted by molar-refractivity contribution is 6.30. The van der Waals surface area contributed by atoms with Gasteiger partial charge in [0.15, 0.2) is 0 Å². The quantitative estimate of drug-likeness (QED) is 0.747. The van der Waals surface area contributed by atoms with Crippen molar-refractivity contribution in [3.63, 3.8) is 0 Å². The average Bonchev–Trinajstić information content (AvgIpc) is 2.59. The summed E-state index contributed by atoms with van der Waals surface area (Å²) in [7, 11) is 0. The molecule has 1 amide bonds. The average molecular weight is 384 g/mol. The molecular weight excluding hydrogens is 364 g/mol. The molecule has 0 saturated carbocycles. The van der Waals surface area contributed by atoms with E-state index in [4.69, 9.17) is 11.6 Å². The second-order valence-electron chi connectivity index (χ2n) is 6.41. The van der Waals surface area contributed by atoms with E-state index in [1.54, 1.807) is 23.3 Å². The van der Waals surface area contributed by atoms with Gasteiger partial charge in [0.05, 0.1) is 19.0 Å². The van der Waals surface area contributed by atoms with Gasteiger partial charge in [0.2, 0.25) is 5.91 Å². The van der Waals surface area contributed by atoms with Gasteiger partial charge in [-0.2, -0.15) is 0 Å². The Morgan fingerprint density at radius 3 is 2.96 bits per heavy atom. The molecule has 1 atom stereocenters. The van der Waals surface area contributed by atoms with Crippen LogP contribution in [0.2, 0.25) is 5.02 Å². The number of rotatable bonds is 4. The second kappa shape index (κ2) is 7.63. The number of nitrogens with one attached hydrogen (secondary N) is 2. The molecule has 0 aliphatic carbocycles. The van der Waals surface area contributed by atoms with Crippen LogP contribution in [0.1, 0.15) is 12.0 Å². The van der Waals surface area contributed by atoms with Crippen molar-refractivity contribution in [1.82, 2.24) is 15.5 Å². The summed E-state index contributed by atoms with van der Waals surface area (Å²) >= 11 is 5.87. The van der Waals surface area contributed by atoms with Crippen molar-refractivity contribution in [2.24, 2.45) is 0 Å². The molecule has 5 nitrogen and oxygen atoms in total. The van der Waals surface area contributed by atoms with Crippen LogP contribution in [-0.4, -0.2) is 47.5 Å².